The molecule has 2 aliphatic heterocycles. The number of nitrogens with zero attached hydrogens (tertiary/aromatic N) is 3. The summed E-state index contributed by atoms with van der Waals surface area (Å²) < 4.78 is 13.9. The highest BCUT2D eigenvalue weighted by Crippen LogP contribution is 2.36. The molecule has 186 valence electrons. The van der Waals surface area contributed by atoms with Crippen molar-refractivity contribution in [2.24, 2.45) is 16.8 Å². The summed E-state index contributed by atoms with van der Waals surface area (Å²) in [5, 5.41) is 3.76. The van der Waals surface area contributed by atoms with Gasteiger partial charge in [-0.1, -0.05) is 25.1 Å². The van der Waals surface area contributed by atoms with Crippen molar-refractivity contribution in [3.8, 4) is 22.4 Å². The predicted octanol–water partition coefficient (Wildman–Crippen LogP) is 6.88. The number of rotatable bonds is 6. The summed E-state index contributed by atoms with van der Waals surface area (Å²) in [6.07, 6.45) is 9.84. The van der Waals surface area contributed by atoms with E-state index in [0.29, 0.717) is 5.56 Å². The topological polar surface area (TPSA) is 40.5 Å². The molecule has 36 heavy (non-hydrogen) atoms. The van der Waals surface area contributed by atoms with Crippen molar-refractivity contribution < 1.29 is 4.39 Å². The molecule has 2 aliphatic rings. The molecule has 1 atom stereocenters. The Bertz CT molecular complexity index is 1290. The molecule has 1 aromatic heterocycles. The van der Waals surface area contributed by atoms with Crippen LogP contribution in [0.1, 0.15) is 37.3 Å². The number of piperidine rings is 1. The minimum Gasteiger partial charge on any atom is -0.385 e. The van der Waals surface area contributed by atoms with Crippen LogP contribution in [0.15, 0.2) is 65.8 Å². The smallest absolute Gasteiger partial charge is 0.126 e. The Hall–Kier alpha value is -3.31. The maximum Gasteiger partial charge on any atom is 0.126 e. The standard InChI is InChI=1S/C31H35FN4/c1-21-17-30(33-14-10-23-11-15-36(3)16-12-23)27-19-24(7-9-29(27)35-20-21)26-5-4-13-34-31(26)25-6-8-28(32)22(2)18-25/h4-9,13,17-21,23,33H,10-12,14-16H2,1-3H3. The van der Waals surface area contributed by atoms with Crippen LogP contribution in [0.3, 0.4) is 0 Å². The van der Waals surface area contributed by atoms with Crippen molar-refractivity contribution in [1.82, 2.24) is 15.2 Å². The molecule has 3 heterocycles. The third-order valence-corrected chi connectivity index (χ3v) is 7.42. The van der Waals surface area contributed by atoms with Gasteiger partial charge in [-0.2, -0.15) is 0 Å². The molecule has 1 N–H and O–H groups in total. The van der Waals surface area contributed by atoms with E-state index in [-0.39, 0.29) is 11.7 Å². The van der Waals surface area contributed by atoms with Gasteiger partial charge < -0.3 is 10.2 Å². The molecule has 0 spiro atoms. The van der Waals surface area contributed by atoms with E-state index in [1.807, 2.05) is 18.3 Å². The second-order valence-electron chi connectivity index (χ2n) is 10.3. The first-order chi connectivity index (χ1) is 17.5. The highest BCUT2D eigenvalue weighted by molar-refractivity contribution is 5.88. The van der Waals surface area contributed by atoms with Gasteiger partial charge in [0, 0.05) is 47.3 Å². The fourth-order valence-electron chi connectivity index (χ4n) is 5.20. The van der Waals surface area contributed by atoms with Crippen LogP contribution in [0, 0.1) is 24.6 Å². The Kier molecular flexibility index (Phi) is 7.28. The zero-order valence-electron chi connectivity index (χ0n) is 21.5. The number of allylic oxidation sites excluding steroid dienone is 1. The fourth-order valence-corrected chi connectivity index (χ4v) is 5.20. The van der Waals surface area contributed by atoms with Crippen molar-refractivity contribution in [2.45, 2.75) is 33.1 Å². The lowest BCUT2D eigenvalue weighted by Gasteiger charge is -2.29. The minimum absolute atomic E-state index is 0.200. The third-order valence-electron chi connectivity index (χ3n) is 7.42. The van der Waals surface area contributed by atoms with Gasteiger partial charge in [-0.25, -0.2) is 4.39 Å². The van der Waals surface area contributed by atoms with E-state index in [4.69, 9.17) is 4.99 Å². The van der Waals surface area contributed by atoms with E-state index < -0.39 is 0 Å². The van der Waals surface area contributed by atoms with Gasteiger partial charge in [-0.3, -0.25) is 9.98 Å². The average Bonchev–Trinajstić information content (AvgIpc) is 3.05. The van der Waals surface area contributed by atoms with Gasteiger partial charge >= 0.3 is 0 Å². The summed E-state index contributed by atoms with van der Waals surface area (Å²) in [6.45, 7) is 7.32. The lowest BCUT2D eigenvalue weighted by atomic mass is 9.93. The molecule has 0 saturated carbocycles. The number of pyridine rings is 1. The molecule has 0 amide bonds. The Balaban J connectivity index is 1.44. The Labute approximate surface area is 214 Å². The molecule has 5 rings (SSSR count). The van der Waals surface area contributed by atoms with Crippen molar-refractivity contribution in [2.75, 3.05) is 26.7 Å². The van der Waals surface area contributed by atoms with Gasteiger partial charge in [0.2, 0.25) is 0 Å². The van der Waals surface area contributed by atoms with Crippen molar-refractivity contribution in [3.05, 3.63) is 77.7 Å². The number of aryl methyl sites for hydroxylation is 1. The molecular weight excluding hydrogens is 447 g/mol. The fraction of sp³-hybridized carbons (Fsp3) is 0.355. The molecular formula is C31H35FN4. The number of hydrogen-bond acceptors (Lipinski definition) is 4. The number of hydrogen-bond donors (Lipinski definition) is 1. The molecule has 2 aromatic carbocycles. The monoisotopic (exact) mass is 482 g/mol. The molecule has 5 heteroatoms. The second-order valence-corrected chi connectivity index (χ2v) is 10.3. The summed E-state index contributed by atoms with van der Waals surface area (Å²) in [5.74, 6) is 0.842. The Morgan fingerprint density at radius 3 is 2.64 bits per heavy atom. The maximum atomic E-state index is 13.9. The van der Waals surface area contributed by atoms with Crippen LogP contribution in [0.4, 0.5) is 10.1 Å². The van der Waals surface area contributed by atoms with Gasteiger partial charge in [-0.15, -0.1) is 0 Å². The molecule has 1 unspecified atom stereocenters. The van der Waals surface area contributed by atoms with Gasteiger partial charge in [0.25, 0.3) is 0 Å². The SMILES string of the molecule is Cc1cc(-c2ncccc2-c2ccc3c(c2)C(NCCC2CCN(C)CC2)=CC(C)C=N3)ccc1F. The van der Waals surface area contributed by atoms with Gasteiger partial charge in [0.15, 0.2) is 0 Å². The van der Waals surface area contributed by atoms with Crippen molar-refractivity contribution >= 4 is 17.6 Å². The first kappa shape index (κ1) is 24.4. The molecule has 0 bridgehead atoms. The number of aromatic nitrogens is 1. The largest absolute Gasteiger partial charge is 0.385 e. The van der Waals surface area contributed by atoms with E-state index in [1.165, 1.54) is 38.4 Å². The first-order valence-corrected chi connectivity index (χ1v) is 13.0. The lowest BCUT2D eigenvalue weighted by molar-refractivity contribution is 0.213. The van der Waals surface area contributed by atoms with Gasteiger partial charge in [-0.05, 0) is 99.8 Å². The summed E-state index contributed by atoms with van der Waals surface area (Å²) in [4.78, 5) is 11.9. The van der Waals surface area contributed by atoms with E-state index in [0.717, 1.165) is 51.8 Å². The van der Waals surface area contributed by atoms with Crippen molar-refractivity contribution in [3.63, 3.8) is 0 Å². The number of likely N-dealkylation sites (tertiary alicyclic amines) is 1. The number of fused-ring (bicyclic) bond motifs is 1. The highest BCUT2D eigenvalue weighted by Gasteiger charge is 2.19. The van der Waals surface area contributed by atoms with Gasteiger partial charge in [0.1, 0.15) is 5.82 Å². The Morgan fingerprint density at radius 1 is 1.03 bits per heavy atom. The summed E-state index contributed by atoms with van der Waals surface area (Å²) in [7, 11) is 2.21. The van der Waals surface area contributed by atoms with Crippen LogP contribution in [0.25, 0.3) is 28.1 Å². The number of aliphatic imine (C=N–C) groups is 1. The number of nitrogens with one attached hydrogen (secondary N) is 1. The van der Waals surface area contributed by atoms with Crippen LogP contribution in [0.5, 0.6) is 0 Å². The zero-order valence-corrected chi connectivity index (χ0v) is 21.5. The molecule has 1 saturated heterocycles. The highest BCUT2D eigenvalue weighted by atomic mass is 19.1. The third kappa shape index (κ3) is 5.41. The van der Waals surface area contributed by atoms with Crippen molar-refractivity contribution in [1.29, 1.82) is 0 Å². The predicted molar refractivity (Wildman–Crippen MR) is 148 cm³/mol. The molecule has 0 aliphatic carbocycles. The molecule has 1 fully saturated rings. The number of benzene rings is 2. The first-order valence-electron chi connectivity index (χ1n) is 13.0. The summed E-state index contributed by atoms with van der Waals surface area (Å²) >= 11 is 0. The van der Waals surface area contributed by atoms with Crippen LogP contribution >= 0.6 is 0 Å². The lowest BCUT2D eigenvalue weighted by Crippen LogP contribution is -2.31. The van der Waals surface area contributed by atoms with E-state index in [1.54, 1.807) is 19.2 Å². The van der Waals surface area contributed by atoms with Crippen LogP contribution in [-0.4, -0.2) is 42.8 Å². The second kappa shape index (κ2) is 10.8. The van der Waals surface area contributed by atoms with Crippen LogP contribution in [0.2, 0.25) is 0 Å². The van der Waals surface area contributed by atoms with Crippen LogP contribution in [-0.2, 0) is 0 Å². The summed E-state index contributed by atoms with van der Waals surface area (Å²) in [5.41, 5.74) is 7.72. The normalized spacial score (nSPS) is 18.4. The zero-order chi connectivity index (χ0) is 25.1. The minimum atomic E-state index is -0.200. The summed E-state index contributed by atoms with van der Waals surface area (Å²) in [6, 6.07) is 15.7. The Morgan fingerprint density at radius 2 is 1.83 bits per heavy atom. The van der Waals surface area contributed by atoms with E-state index in [2.05, 4.69) is 59.5 Å². The average molecular weight is 483 g/mol. The molecule has 4 nitrogen and oxygen atoms in total. The van der Waals surface area contributed by atoms with E-state index >= 15 is 0 Å². The molecule has 3 aromatic rings. The van der Waals surface area contributed by atoms with Crippen LogP contribution < -0.4 is 5.32 Å². The van der Waals surface area contributed by atoms with Gasteiger partial charge in [0.05, 0.1) is 11.4 Å². The molecule has 0 radical (unpaired) electrons. The number of halogens is 1. The van der Waals surface area contributed by atoms with E-state index in [9.17, 15) is 4.39 Å². The maximum absolute atomic E-state index is 13.9. The quantitative estimate of drug-likeness (QED) is 0.416.